The zero-order valence-corrected chi connectivity index (χ0v) is 17.7. The smallest absolute Gasteiger partial charge is 0.224 e. The number of hydrogen-bond donors (Lipinski definition) is 1. The monoisotopic (exact) mass is 403 g/mol. The van der Waals surface area contributed by atoms with E-state index in [4.69, 9.17) is 0 Å². The van der Waals surface area contributed by atoms with Gasteiger partial charge in [0.05, 0.1) is 6.04 Å². The topological polar surface area (TPSA) is 61.4 Å². The lowest BCUT2D eigenvalue weighted by Crippen LogP contribution is -2.51. The summed E-state index contributed by atoms with van der Waals surface area (Å²) < 4.78 is 0. The molecule has 1 saturated carbocycles. The van der Waals surface area contributed by atoms with Gasteiger partial charge >= 0.3 is 0 Å². The zero-order chi connectivity index (χ0) is 20.7. The number of hydrogen-bond acceptors (Lipinski definition) is 5. The predicted molar refractivity (Wildman–Crippen MR) is 120 cm³/mol. The number of nitrogens with zero attached hydrogens (tertiary/aromatic N) is 4. The molecule has 3 atom stereocenters. The summed E-state index contributed by atoms with van der Waals surface area (Å²) >= 11 is 0. The molecule has 0 unspecified atom stereocenters. The molecule has 6 nitrogen and oxygen atoms in total. The molecule has 1 N–H and O–H groups in total. The molecule has 3 aliphatic rings. The van der Waals surface area contributed by atoms with Crippen LogP contribution in [0.3, 0.4) is 0 Å². The molecule has 0 saturated heterocycles. The van der Waals surface area contributed by atoms with Gasteiger partial charge in [0, 0.05) is 61.3 Å². The highest BCUT2D eigenvalue weighted by Gasteiger charge is 2.47. The molecular formula is C24H29N5O. The third-order valence-corrected chi connectivity index (χ3v) is 6.69. The number of nitrogens with one attached hydrogen (secondary N) is 1. The van der Waals surface area contributed by atoms with Gasteiger partial charge in [-0.05, 0) is 49.4 Å². The fraction of sp³-hybridized carbons (Fsp3) is 0.458. The minimum absolute atomic E-state index is 0.0592. The first-order valence-electron chi connectivity index (χ1n) is 11.0. The van der Waals surface area contributed by atoms with Crippen molar-refractivity contribution in [1.82, 2.24) is 9.97 Å². The Balaban J connectivity index is 1.59. The molecule has 3 heterocycles. The van der Waals surface area contributed by atoms with Gasteiger partial charge in [0.15, 0.2) is 0 Å². The second kappa shape index (κ2) is 7.74. The Morgan fingerprint density at radius 2 is 1.97 bits per heavy atom. The molecule has 2 aliphatic heterocycles. The van der Waals surface area contributed by atoms with Gasteiger partial charge in [-0.2, -0.15) is 0 Å². The molecule has 1 fully saturated rings. The number of rotatable bonds is 4. The van der Waals surface area contributed by atoms with E-state index in [0.717, 1.165) is 30.8 Å². The molecule has 0 radical (unpaired) electrons. The average molecular weight is 404 g/mol. The summed E-state index contributed by atoms with van der Waals surface area (Å²) in [6.45, 7) is 5.91. The Kier molecular flexibility index (Phi) is 4.93. The number of carbonyl (C=O) groups is 1. The van der Waals surface area contributed by atoms with Crippen LogP contribution in [0.25, 0.3) is 0 Å². The molecule has 6 heteroatoms. The fourth-order valence-electron chi connectivity index (χ4n) is 5.14. The second-order valence-corrected chi connectivity index (χ2v) is 8.72. The van der Waals surface area contributed by atoms with Crippen LogP contribution >= 0.6 is 0 Å². The van der Waals surface area contributed by atoms with Crippen molar-refractivity contribution in [2.24, 2.45) is 11.8 Å². The van der Waals surface area contributed by atoms with Crippen LogP contribution in [0.2, 0.25) is 0 Å². The van der Waals surface area contributed by atoms with Crippen LogP contribution in [0.4, 0.5) is 17.3 Å². The number of carbonyl (C=O) groups excluding carboxylic acids is 1. The summed E-state index contributed by atoms with van der Waals surface area (Å²) in [6, 6.07) is 8.68. The van der Waals surface area contributed by atoms with Gasteiger partial charge in [0.25, 0.3) is 0 Å². The van der Waals surface area contributed by atoms with Gasteiger partial charge in [-0.3, -0.25) is 4.79 Å². The summed E-state index contributed by atoms with van der Waals surface area (Å²) in [7, 11) is 0. The Hall–Kier alpha value is -2.89. The Morgan fingerprint density at radius 3 is 2.63 bits per heavy atom. The van der Waals surface area contributed by atoms with Crippen LogP contribution in [0.1, 0.15) is 44.7 Å². The second-order valence-electron chi connectivity index (χ2n) is 8.72. The first-order chi connectivity index (χ1) is 14.6. The minimum Gasteiger partial charge on any atom is -0.367 e. The summed E-state index contributed by atoms with van der Waals surface area (Å²) in [4.78, 5) is 26.0. The lowest BCUT2D eigenvalue weighted by Gasteiger charge is -2.46. The van der Waals surface area contributed by atoms with Gasteiger partial charge in [-0.25, -0.2) is 9.97 Å². The van der Waals surface area contributed by atoms with Crippen LogP contribution in [0.5, 0.6) is 0 Å². The predicted octanol–water partition coefficient (Wildman–Crippen LogP) is 4.18. The van der Waals surface area contributed by atoms with E-state index < -0.39 is 0 Å². The van der Waals surface area contributed by atoms with Crippen molar-refractivity contribution in [1.29, 1.82) is 0 Å². The lowest BCUT2D eigenvalue weighted by atomic mass is 9.79. The maximum Gasteiger partial charge on any atom is 0.224 e. The van der Waals surface area contributed by atoms with E-state index in [1.807, 2.05) is 6.07 Å². The SMILES string of the molecule is CC(=O)N1c2ccc(N3CC=CCC3)cc2[C@H](Nc2ncccn2)[C@@H](C)[C@@H]1C1CC1. The maximum atomic E-state index is 12.8. The van der Waals surface area contributed by atoms with Gasteiger partial charge < -0.3 is 15.1 Å². The highest BCUT2D eigenvalue weighted by Crippen LogP contribution is 2.50. The fourth-order valence-corrected chi connectivity index (χ4v) is 5.14. The molecule has 1 aromatic heterocycles. The highest BCUT2D eigenvalue weighted by atomic mass is 16.2. The van der Waals surface area contributed by atoms with Gasteiger partial charge in [0.2, 0.25) is 11.9 Å². The molecular weight excluding hydrogens is 374 g/mol. The van der Waals surface area contributed by atoms with E-state index in [9.17, 15) is 4.79 Å². The Morgan fingerprint density at radius 1 is 1.17 bits per heavy atom. The van der Waals surface area contributed by atoms with Gasteiger partial charge in [-0.1, -0.05) is 19.1 Å². The van der Waals surface area contributed by atoms with Crippen LogP contribution < -0.4 is 15.1 Å². The first kappa shape index (κ1) is 19.1. The van der Waals surface area contributed by atoms with E-state index in [1.54, 1.807) is 19.3 Å². The number of aromatic nitrogens is 2. The molecule has 30 heavy (non-hydrogen) atoms. The maximum absolute atomic E-state index is 12.8. The normalized spacial score (nSPS) is 25.7. The first-order valence-corrected chi connectivity index (χ1v) is 11.0. The number of anilines is 3. The Labute approximate surface area is 178 Å². The van der Waals surface area contributed by atoms with Gasteiger partial charge in [0.1, 0.15) is 0 Å². The number of amides is 1. The van der Waals surface area contributed by atoms with Crippen LogP contribution in [-0.4, -0.2) is 35.0 Å². The third-order valence-electron chi connectivity index (χ3n) is 6.69. The van der Waals surface area contributed by atoms with E-state index in [-0.39, 0.29) is 23.9 Å². The van der Waals surface area contributed by atoms with Crippen molar-refractivity contribution >= 4 is 23.2 Å². The van der Waals surface area contributed by atoms with Crippen molar-refractivity contribution in [3.8, 4) is 0 Å². The third kappa shape index (κ3) is 3.44. The molecule has 0 bridgehead atoms. The van der Waals surface area contributed by atoms with Crippen molar-refractivity contribution in [2.75, 3.05) is 28.2 Å². The minimum atomic E-state index is 0.0592. The summed E-state index contributed by atoms with van der Waals surface area (Å²) in [6.07, 6.45) is 11.5. The molecule has 5 rings (SSSR count). The van der Waals surface area contributed by atoms with Crippen LogP contribution in [0.15, 0.2) is 48.8 Å². The summed E-state index contributed by atoms with van der Waals surface area (Å²) in [5, 5.41) is 3.60. The lowest BCUT2D eigenvalue weighted by molar-refractivity contribution is -0.117. The van der Waals surface area contributed by atoms with Crippen molar-refractivity contribution in [3.05, 3.63) is 54.4 Å². The average Bonchev–Trinajstić information content (AvgIpc) is 3.61. The van der Waals surface area contributed by atoms with E-state index in [2.05, 4.69) is 62.4 Å². The number of fused-ring (bicyclic) bond motifs is 1. The van der Waals surface area contributed by atoms with E-state index in [1.165, 1.54) is 18.5 Å². The van der Waals surface area contributed by atoms with Crippen molar-refractivity contribution < 1.29 is 4.79 Å². The summed E-state index contributed by atoms with van der Waals surface area (Å²) in [5.74, 6) is 1.60. The molecule has 2 aromatic rings. The molecule has 1 aromatic carbocycles. The van der Waals surface area contributed by atoms with Crippen LogP contribution in [0, 0.1) is 11.8 Å². The highest BCUT2D eigenvalue weighted by molar-refractivity contribution is 5.94. The quantitative estimate of drug-likeness (QED) is 0.776. The molecule has 1 aliphatic carbocycles. The molecule has 0 spiro atoms. The van der Waals surface area contributed by atoms with Crippen LogP contribution in [-0.2, 0) is 4.79 Å². The Bertz CT molecular complexity index is 955. The zero-order valence-electron chi connectivity index (χ0n) is 17.7. The number of benzene rings is 1. The van der Waals surface area contributed by atoms with Crippen molar-refractivity contribution in [3.63, 3.8) is 0 Å². The van der Waals surface area contributed by atoms with Crippen molar-refractivity contribution in [2.45, 2.75) is 45.2 Å². The van der Waals surface area contributed by atoms with E-state index >= 15 is 0 Å². The summed E-state index contributed by atoms with van der Waals surface area (Å²) in [5.41, 5.74) is 3.40. The van der Waals surface area contributed by atoms with Gasteiger partial charge in [-0.15, -0.1) is 0 Å². The molecule has 1 amide bonds. The largest absolute Gasteiger partial charge is 0.367 e. The standard InChI is InChI=1S/C24H29N5O/c1-16-22(27-24-25-11-6-12-26-24)20-15-19(28-13-4-3-5-14-28)9-10-21(20)29(17(2)30)23(16)18-7-8-18/h3-4,6,9-12,15-16,18,22-23H,5,7-8,13-14H2,1-2H3,(H,25,26,27)/t16-,22-,23-/m1/s1. The van der Waals surface area contributed by atoms with E-state index in [0.29, 0.717) is 11.9 Å². The molecule has 156 valence electrons.